The van der Waals surface area contributed by atoms with E-state index in [0.29, 0.717) is 25.0 Å². The highest BCUT2D eigenvalue weighted by atomic mass is 16.2. The summed E-state index contributed by atoms with van der Waals surface area (Å²) in [5.41, 5.74) is 0. The van der Waals surface area contributed by atoms with Gasteiger partial charge in [0.25, 0.3) is 0 Å². The summed E-state index contributed by atoms with van der Waals surface area (Å²) in [7, 11) is 0. The number of nitrogens with zero attached hydrogens (tertiary/aromatic N) is 2. The van der Waals surface area contributed by atoms with E-state index in [2.05, 4.69) is 10.2 Å². The van der Waals surface area contributed by atoms with Crippen molar-refractivity contribution in [2.45, 2.75) is 37.8 Å². The average molecular weight is 223 g/mol. The zero-order chi connectivity index (χ0) is 11.1. The van der Waals surface area contributed by atoms with Crippen molar-refractivity contribution in [3.05, 3.63) is 0 Å². The van der Waals surface area contributed by atoms with Gasteiger partial charge in [0, 0.05) is 25.6 Å². The number of urea groups is 1. The monoisotopic (exact) mass is 223 g/mol. The number of rotatable bonds is 1. The van der Waals surface area contributed by atoms with Crippen LogP contribution in [0.3, 0.4) is 0 Å². The lowest BCUT2D eigenvalue weighted by molar-refractivity contribution is -0.121. The average Bonchev–Trinajstić information content (AvgIpc) is 2.80. The first kappa shape index (κ1) is 10.1. The molecule has 0 aliphatic carbocycles. The molecule has 16 heavy (non-hydrogen) atoms. The summed E-state index contributed by atoms with van der Waals surface area (Å²) in [6.45, 7) is 2.88. The quantitative estimate of drug-likeness (QED) is 0.689. The van der Waals surface area contributed by atoms with Crippen molar-refractivity contribution >= 4 is 11.9 Å². The van der Waals surface area contributed by atoms with Gasteiger partial charge in [-0.15, -0.1) is 0 Å². The molecular weight excluding hydrogens is 206 g/mol. The summed E-state index contributed by atoms with van der Waals surface area (Å²) in [5.74, 6) is -0.137. The smallest absolute Gasteiger partial charge is 0.319 e. The number of carbonyl (C=O) groups is 2. The first-order chi connectivity index (χ1) is 7.75. The molecule has 2 unspecified atom stereocenters. The Kier molecular flexibility index (Phi) is 2.35. The fourth-order valence-corrected chi connectivity index (χ4v) is 3.31. The van der Waals surface area contributed by atoms with Crippen LogP contribution in [0.2, 0.25) is 0 Å². The van der Waals surface area contributed by atoms with E-state index in [1.807, 2.05) is 4.90 Å². The van der Waals surface area contributed by atoms with E-state index >= 15 is 0 Å². The van der Waals surface area contributed by atoms with Gasteiger partial charge in [0.1, 0.15) is 0 Å². The van der Waals surface area contributed by atoms with Crippen molar-refractivity contribution in [1.82, 2.24) is 15.1 Å². The summed E-state index contributed by atoms with van der Waals surface area (Å²) in [4.78, 5) is 27.2. The van der Waals surface area contributed by atoms with Crippen molar-refractivity contribution < 1.29 is 9.59 Å². The van der Waals surface area contributed by atoms with E-state index in [1.165, 1.54) is 19.4 Å². The maximum Gasteiger partial charge on any atom is 0.324 e. The Morgan fingerprint density at radius 2 is 1.94 bits per heavy atom. The molecule has 3 rings (SSSR count). The topological polar surface area (TPSA) is 52.7 Å². The molecule has 3 saturated heterocycles. The molecule has 0 radical (unpaired) electrons. The van der Waals surface area contributed by atoms with Crippen LogP contribution in [0.15, 0.2) is 0 Å². The van der Waals surface area contributed by atoms with Crippen LogP contribution in [-0.2, 0) is 4.79 Å². The highest BCUT2D eigenvalue weighted by Gasteiger charge is 2.42. The van der Waals surface area contributed by atoms with Gasteiger partial charge in [0.2, 0.25) is 5.91 Å². The van der Waals surface area contributed by atoms with E-state index in [0.717, 1.165) is 13.0 Å². The Morgan fingerprint density at radius 1 is 1.06 bits per heavy atom. The van der Waals surface area contributed by atoms with E-state index in [1.54, 1.807) is 0 Å². The first-order valence-corrected chi connectivity index (χ1v) is 6.10. The fourth-order valence-electron chi connectivity index (χ4n) is 3.31. The highest BCUT2D eigenvalue weighted by Crippen LogP contribution is 2.31. The molecule has 1 N–H and O–H groups in total. The predicted octanol–water partition coefficient (Wildman–Crippen LogP) is 0.165. The van der Waals surface area contributed by atoms with E-state index in [4.69, 9.17) is 0 Å². The van der Waals surface area contributed by atoms with Gasteiger partial charge in [0.15, 0.2) is 0 Å². The predicted molar refractivity (Wildman–Crippen MR) is 57.9 cm³/mol. The minimum Gasteiger partial charge on any atom is -0.319 e. The molecule has 88 valence electrons. The third-order valence-electron chi connectivity index (χ3n) is 4.06. The Hall–Kier alpha value is -1.10. The molecule has 3 fully saturated rings. The van der Waals surface area contributed by atoms with Crippen LogP contribution < -0.4 is 5.32 Å². The number of amides is 3. The number of nitrogens with one attached hydrogen (secondary N) is 1. The van der Waals surface area contributed by atoms with Crippen LogP contribution >= 0.6 is 0 Å². The normalized spacial score (nSPS) is 35.4. The van der Waals surface area contributed by atoms with Gasteiger partial charge in [-0.1, -0.05) is 0 Å². The van der Waals surface area contributed by atoms with Crippen molar-refractivity contribution in [3.63, 3.8) is 0 Å². The number of imide groups is 1. The van der Waals surface area contributed by atoms with Gasteiger partial charge in [-0.05, 0) is 25.8 Å². The lowest BCUT2D eigenvalue weighted by atomic mass is 10.0. The number of hydrogen-bond donors (Lipinski definition) is 1. The largest absolute Gasteiger partial charge is 0.324 e. The minimum absolute atomic E-state index is 0.137. The standard InChI is InChI=1S/C11H17N3O2/c15-10-4-7-14(11(16)12-10)9-3-6-13-5-1-2-8(9)13/h8-9H,1-7H2,(H,12,15,16). The van der Waals surface area contributed by atoms with Crippen molar-refractivity contribution in [2.24, 2.45) is 0 Å². The molecule has 0 bridgehead atoms. The summed E-state index contributed by atoms with van der Waals surface area (Å²) in [6, 6.07) is 0.685. The zero-order valence-corrected chi connectivity index (χ0v) is 9.32. The summed E-state index contributed by atoms with van der Waals surface area (Å²) in [5, 5.41) is 2.42. The molecule has 5 nitrogen and oxygen atoms in total. The molecule has 0 saturated carbocycles. The number of carbonyl (C=O) groups excluding carboxylic acids is 2. The Labute approximate surface area is 94.8 Å². The SMILES string of the molecule is O=C1CCN(C2CCN3CCCC23)C(=O)N1. The van der Waals surface area contributed by atoms with E-state index in [-0.39, 0.29) is 11.9 Å². The van der Waals surface area contributed by atoms with Crippen LogP contribution in [0.1, 0.15) is 25.7 Å². The summed E-state index contributed by atoms with van der Waals surface area (Å²) in [6.07, 6.45) is 3.96. The Balaban J connectivity index is 1.73. The zero-order valence-electron chi connectivity index (χ0n) is 9.32. The second-order valence-corrected chi connectivity index (χ2v) is 4.90. The van der Waals surface area contributed by atoms with Gasteiger partial charge in [-0.25, -0.2) is 4.79 Å². The van der Waals surface area contributed by atoms with Crippen molar-refractivity contribution in [1.29, 1.82) is 0 Å². The van der Waals surface area contributed by atoms with Gasteiger partial charge < -0.3 is 4.90 Å². The Morgan fingerprint density at radius 3 is 2.75 bits per heavy atom. The first-order valence-electron chi connectivity index (χ1n) is 6.10. The molecule has 3 aliphatic rings. The maximum absolute atomic E-state index is 11.8. The van der Waals surface area contributed by atoms with Gasteiger partial charge in [0.05, 0.1) is 6.04 Å². The molecule has 2 atom stereocenters. The van der Waals surface area contributed by atoms with Crippen LogP contribution in [0, 0.1) is 0 Å². The molecule has 0 aromatic rings. The van der Waals surface area contributed by atoms with Crippen LogP contribution in [0.5, 0.6) is 0 Å². The molecule has 0 aromatic carbocycles. The number of hydrogen-bond acceptors (Lipinski definition) is 3. The van der Waals surface area contributed by atoms with Gasteiger partial charge in [-0.2, -0.15) is 0 Å². The van der Waals surface area contributed by atoms with Crippen molar-refractivity contribution in [3.8, 4) is 0 Å². The summed E-state index contributed by atoms with van der Waals surface area (Å²) < 4.78 is 0. The maximum atomic E-state index is 11.8. The molecule has 0 aromatic heterocycles. The molecule has 5 heteroatoms. The van der Waals surface area contributed by atoms with Crippen LogP contribution in [0.4, 0.5) is 4.79 Å². The lowest BCUT2D eigenvalue weighted by Crippen LogP contribution is -2.55. The van der Waals surface area contributed by atoms with Crippen LogP contribution in [0.25, 0.3) is 0 Å². The molecule has 0 spiro atoms. The molecule has 3 aliphatic heterocycles. The second kappa shape index (κ2) is 3.73. The highest BCUT2D eigenvalue weighted by molar-refractivity contribution is 5.96. The molecule has 3 heterocycles. The third-order valence-corrected chi connectivity index (χ3v) is 4.06. The van der Waals surface area contributed by atoms with E-state index < -0.39 is 0 Å². The third kappa shape index (κ3) is 1.50. The fraction of sp³-hybridized carbons (Fsp3) is 0.818. The molecular formula is C11H17N3O2. The second-order valence-electron chi connectivity index (χ2n) is 4.90. The number of fused-ring (bicyclic) bond motifs is 1. The van der Waals surface area contributed by atoms with Gasteiger partial charge in [-0.3, -0.25) is 15.0 Å². The Bertz CT molecular complexity index is 331. The summed E-state index contributed by atoms with van der Waals surface area (Å²) >= 11 is 0. The lowest BCUT2D eigenvalue weighted by Gasteiger charge is -2.35. The van der Waals surface area contributed by atoms with Crippen molar-refractivity contribution in [2.75, 3.05) is 19.6 Å². The molecule has 3 amide bonds. The van der Waals surface area contributed by atoms with E-state index in [9.17, 15) is 9.59 Å². The van der Waals surface area contributed by atoms with Gasteiger partial charge >= 0.3 is 6.03 Å². The minimum atomic E-state index is -0.185. The van der Waals surface area contributed by atoms with Crippen LogP contribution in [-0.4, -0.2) is 53.5 Å².